The van der Waals surface area contributed by atoms with Crippen LogP contribution in [0.25, 0.3) is 5.65 Å². The van der Waals surface area contributed by atoms with Crippen LogP contribution in [-0.4, -0.2) is 39.8 Å². The highest BCUT2D eigenvalue weighted by Crippen LogP contribution is 2.27. The van der Waals surface area contributed by atoms with Gasteiger partial charge < -0.3 is 4.40 Å². The van der Waals surface area contributed by atoms with E-state index in [0.717, 1.165) is 34.6 Å². The Morgan fingerprint density at radius 2 is 1.95 bits per heavy atom. The second-order valence-electron chi connectivity index (χ2n) is 5.23. The van der Waals surface area contributed by atoms with E-state index in [1.54, 1.807) is 0 Å². The van der Waals surface area contributed by atoms with Crippen LogP contribution in [0.15, 0.2) is 18.5 Å². The van der Waals surface area contributed by atoms with E-state index < -0.39 is 0 Å². The molecule has 0 N–H and O–H groups in total. The van der Waals surface area contributed by atoms with Crippen molar-refractivity contribution in [3.05, 3.63) is 29.7 Å². The van der Waals surface area contributed by atoms with Gasteiger partial charge >= 0.3 is 6.03 Å². The van der Waals surface area contributed by atoms with Gasteiger partial charge in [0.25, 0.3) is 0 Å². The maximum atomic E-state index is 12.2. The van der Waals surface area contributed by atoms with Crippen molar-refractivity contribution < 1.29 is 9.59 Å². The third-order valence-electron chi connectivity index (χ3n) is 3.88. The van der Waals surface area contributed by atoms with E-state index in [-0.39, 0.29) is 18.5 Å². The maximum absolute atomic E-state index is 12.2. The molecule has 3 heterocycles. The normalized spacial score (nSPS) is 15.6. The van der Waals surface area contributed by atoms with E-state index in [1.165, 1.54) is 11.9 Å². The summed E-state index contributed by atoms with van der Waals surface area (Å²) in [5.74, 6) is -0.192. The lowest BCUT2D eigenvalue weighted by Gasteiger charge is -2.16. The highest BCUT2D eigenvalue weighted by atomic mass is 16.2. The fourth-order valence-electron chi connectivity index (χ4n) is 2.54. The lowest BCUT2D eigenvalue weighted by atomic mass is 10.2. The number of hydrogen-bond acceptors (Lipinski definition) is 3. The number of aromatic nitrogens is 2. The summed E-state index contributed by atoms with van der Waals surface area (Å²) >= 11 is 0. The van der Waals surface area contributed by atoms with Crippen LogP contribution < -0.4 is 4.90 Å². The number of carbonyl (C=O) groups excluding carboxylic acids is 2. The van der Waals surface area contributed by atoms with Crippen molar-refractivity contribution in [2.24, 2.45) is 0 Å². The summed E-state index contributed by atoms with van der Waals surface area (Å²) in [7, 11) is 1.51. The van der Waals surface area contributed by atoms with Gasteiger partial charge in [0.05, 0.1) is 11.4 Å². The van der Waals surface area contributed by atoms with Gasteiger partial charge in [0.2, 0.25) is 5.91 Å². The molecule has 0 aliphatic carbocycles. The van der Waals surface area contributed by atoms with Crippen molar-refractivity contribution in [1.29, 1.82) is 0 Å². The van der Waals surface area contributed by atoms with E-state index in [2.05, 4.69) is 11.9 Å². The van der Waals surface area contributed by atoms with Crippen LogP contribution >= 0.6 is 0 Å². The van der Waals surface area contributed by atoms with Gasteiger partial charge in [0.1, 0.15) is 6.54 Å². The van der Waals surface area contributed by atoms with E-state index in [0.29, 0.717) is 5.69 Å². The molecule has 3 amide bonds. The van der Waals surface area contributed by atoms with Crippen LogP contribution in [-0.2, 0) is 17.6 Å². The topological polar surface area (TPSA) is 57.9 Å². The molecule has 1 aliphatic heterocycles. The van der Waals surface area contributed by atoms with E-state index in [1.807, 2.05) is 29.8 Å². The fraction of sp³-hybridized carbons (Fsp3) is 0.400. The van der Waals surface area contributed by atoms with Gasteiger partial charge in [-0.3, -0.25) is 14.6 Å². The Kier molecular flexibility index (Phi) is 3.16. The maximum Gasteiger partial charge on any atom is 0.331 e. The number of imidazole rings is 1. The van der Waals surface area contributed by atoms with Gasteiger partial charge in [0, 0.05) is 19.4 Å². The Bertz CT molecular complexity index is 735. The first kappa shape index (κ1) is 13.6. The molecule has 1 fully saturated rings. The van der Waals surface area contributed by atoms with Crippen molar-refractivity contribution in [2.45, 2.75) is 26.7 Å². The van der Waals surface area contributed by atoms with E-state index in [4.69, 9.17) is 0 Å². The van der Waals surface area contributed by atoms with E-state index >= 15 is 0 Å². The first-order chi connectivity index (χ1) is 10.0. The van der Waals surface area contributed by atoms with Crippen LogP contribution in [0, 0.1) is 0 Å². The molecule has 0 saturated carbocycles. The summed E-state index contributed by atoms with van der Waals surface area (Å²) in [6, 6.07) is 1.66. The summed E-state index contributed by atoms with van der Waals surface area (Å²) in [5.41, 5.74) is 3.50. The molecule has 0 atom stereocenters. The number of anilines is 1. The highest BCUT2D eigenvalue weighted by Gasteiger charge is 2.35. The Morgan fingerprint density at radius 1 is 1.19 bits per heavy atom. The Labute approximate surface area is 123 Å². The number of nitrogens with zero attached hydrogens (tertiary/aromatic N) is 4. The van der Waals surface area contributed by atoms with Crippen molar-refractivity contribution in [2.75, 3.05) is 18.5 Å². The van der Waals surface area contributed by atoms with Crippen molar-refractivity contribution in [1.82, 2.24) is 14.3 Å². The van der Waals surface area contributed by atoms with Crippen LogP contribution in [0.3, 0.4) is 0 Å². The Morgan fingerprint density at radius 3 is 2.52 bits per heavy atom. The zero-order valence-corrected chi connectivity index (χ0v) is 12.5. The molecule has 0 spiro atoms. The fourth-order valence-corrected chi connectivity index (χ4v) is 2.54. The molecule has 0 radical (unpaired) electrons. The number of amides is 3. The molecular formula is C15H18N4O2. The summed E-state index contributed by atoms with van der Waals surface area (Å²) in [5, 5.41) is 0. The van der Waals surface area contributed by atoms with Gasteiger partial charge in [-0.25, -0.2) is 9.78 Å². The Hall–Kier alpha value is -2.37. The second kappa shape index (κ2) is 4.87. The molecule has 2 aromatic rings. The van der Waals surface area contributed by atoms with Gasteiger partial charge in [-0.2, -0.15) is 0 Å². The lowest BCUT2D eigenvalue weighted by molar-refractivity contribution is -0.123. The third kappa shape index (κ3) is 2.07. The first-order valence-corrected chi connectivity index (χ1v) is 7.13. The second-order valence-corrected chi connectivity index (χ2v) is 5.23. The molecule has 2 aromatic heterocycles. The van der Waals surface area contributed by atoms with Crippen molar-refractivity contribution in [3.63, 3.8) is 0 Å². The minimum atomic E-state index is -0.295. The summed E-state index contributed by atoms with van der Waals surface area (Å²) in [6.07, 6.45) is 5.69. The zero-order valence-electron chi connectivity index (χ0n) is 12.5. The molecule has 3 rings (SSSR count). The molecule has 110 valence electrons. The van der Waals surface area contributed by atoms with Gasteiger partial charge in [-0.15, -0.1) is 0 Å². The van der Waals surface area contributed by atoms with Gasteiger partial charge in [-0.1, -0.05) is 13.8 Å². The smallest absolute Gasteiger partial charge is 0.305 e. The average Bonchev–Trinajstić information content (AvgIpc) is 3.02. The predicted molar refractivity (Wildman–Crippen MR) is 79.5 cm³/mol. The quantitative estimate of drug-likeness (QED) is 0.809. The van der Waals surface area contributed by atoms with E-state index in [9.17, 15) is 9.59 Å². The average molecular weight is 286 g/mol. The number of pyridine rings is 1. The van der Waals surface area contributed by atoms with Crippen LogP contribution in [0.4, 0.5) is 10.5 Å². The largest absolute Gasteiger partial charge is 0.331 e. The minimum absolute atomic E-state index is 0.0759. The van der Waals surface area contributed by atoms with Gasteiger partial charge in [0.15, 0.2) is 5.65 Å². The molecule has 1 saturated heterocycles. The minimum Gasteiger partial charge on any atom is -0.305 e. The Balaban J connectivity index is 2.18. The first-order valence-electron chi connectivity index (χ1n) is 7.13. The molecule has 6 heteroatoms. The molecule has 21 heavy (non-hydrogen) atoms. The lowest BCUT2D eigenvalue weighted by Crippen LogP contribution is -2.30. The molecular weight excluding hydrogens is 268 g/mol. The SMILES string of the molecule is CCc1cc(N2CC(=O)N(C)C2=O)c2nc(CC)cn2c1. The number of hydrogen-bond donors (Lipinski definition) is 0. The zero-order chi connectivity index (χ0) is 15.1. The van der Waals surface area contributed by atoms with Crippen molar-refractivity contribution in [3.8, 4) is 0 Å². The summed E-state index contributed by atoms with van der Waals surface area (Å²) in [4.78, 5) is 31.2. The summed E-state index contributed by atoms with van der Waals surface area (Å²) < 4.78 is 1.95. The number of urea groups is 1. The van der Waals surface area contributed by atoms with Crippen molar-refractivity contribution >= 4 is 23.3 Å². The number of fused-ring (bicyclic) bond motifs is 1. The summed E-state index contributed by atoms with van der Waals surface area (Å²) in [6.45, 7) is 4.18. The van der Waals surface area contributed by atoms with Crippen LogP contribution in [0.5, 0.6) is 0 Å². The van der Waals surface area contributed by atoms with Crippen LogP contribution in [0.2, 0.25) is 0 Å². The number of likely N-dealkylation sites (N-methyl/N-ethyl adjacent to an activating group) is 1. The molecule has 1 aliphatic rings. The monoisotopic (exact) mass is 286 g/mol. The molecule has 0 aromatic carbocycles. The molecule has 6 nitrogen and oxygen atoms in total. The van der Waals surface area contributed by atoms with Crippen LogP contribution in [0.1, 0.15) is 25.1 Å². The highest BCUT2D eigenvalue weighted by molar-refractivity contribution is 6.13. The van der Waals surface area contributed by atoms with Gasteiger partial charge in [-0.05, 0) is 24.5 Å². The standard InChI is InChI=1S/C15H18N4O2/c1-4-10-6-12(19-9-13(20)17(3)15(19)21)14-16-11(5-2)8-18(14)7-10/h6-8H,4-5,9H2,1-3H3. The third-order valence-corrected chi connectivity index (χ3v) is 3.88. The number of rotatable bonds is 3. The molecule has 0 unspecified atom stereocenters. The molecule has 0 bridgehead atoms. The predicted octanol–water partition coefficient (Wildman–Crippen LogP) is 1.86. The number of aryl methyl sites for hydroxylation is 2. The number of carbonyl (C=O) groups is 2. The number of imide groups is 1.